The topological polar surface area (TPSA) is 79.2 Å². The van der Waals surface area contributed by atoms with Gasteiger partial charge in [0, 0.05) is 18.7 Å². The summed E-state index contributed by atoms with van der Waals surface area (Å²) in [7, 11) is 0. The van der Waals surface area contributed by atoms with Gasteiger partial charge in [-0.3, -0.25) is 9.69 Å². The molecule has 0 amide bonds. The SMILES string of the molecule is O=C(CN(CCO)CCO)c1ccc2c(c1)OCO2. The fraction of sp³-hybridized carbons (Fsp3) is 0.462. The number of hydrogen-bond donors (Lipinski definition) is 2. The van der Waals surface area contributed by atoms with E-state index in [0.717, 1.165) is 0 Å². The first-order chi connectivity index (χ1) is 9.24. The molecule has 6 nitrogen and oxygen atoms in total. The second kappa shape index (κ2) is 6.51. The maximum Gasteiger partial charge on any atom is 0.231 e. The summed E-state index contributed by atoms with van der Waals surface area (Å²) in [6.45, 7) is 0.950. The van der Waals surface area contributed by atoms with Crippen molar-refractivity contribution in [2.45, 2.75) is 0 Å². The maximum atomic E-state index is 12.1. The van der Waals surface area contributed by atoms with Gasteiger partial charge in [-0.1, -0.05) is 0 Å². The van der Waals surface area contributed by atoms with Crippen LogP contribution in [0.5, 0.6) is 11.5 Å². The number of ether oxygens (including phenoxy) is 2. The van der Waals surface area contributed by atoms with E-state index < -0.39 is 0 Å². The van der Waals surface area contributed by atoms with Gasteiger partial charge in [0.25, 0.3) is 0 Å². The number of fused-ring (bicyclic) bond motifs is 1. The lowest BCUT2D eigenvalue weighted by atomic mass is 10.1. The molecular weight excluding hydrogens is 250 g/mol. The predicted octanol–water partition coefficient (Wildman–Crippen LogP) is -0.115. The van der Waals surface area contributed by atoms with Gasteiger partial charge in [-0.15, -0.1) is 0 Å². The molecule has 1 heterocycles. The van der Waals surface area contributed by atoms with Crippen LogP contribution in [0, 0.1) is 0 Å². The fourth-order valence-corrected chi connectivity index (χ4v) is 1.92. The smallest absolute Gasteiger partial charge is 0.231 e. The van der Waals surface area contributed by atoms with Gasteiger partial charge in [0.15, 0.2) is 17.3 Å². The Morgan fingerprint density at radius 1 is 1.16 bits per heavy atom. The van der Waals surface area contributed by atoms with E-state index in [4.69, 9.17) is 19.7 Å². The van der Waals surface area contributed by atoms with Crippen LogP contribution in [0.15, 0.2) is 18.2 Å². The Bertz CT molecular complexity index is 443. The summed E-state index contributed by atoms with van der Waals surface area (Å²) in [6, 6.07) is 5.05. The normalized spacial score (nSPS) is 13.0. The van der Waals surface area contributed by atoms with Crippen LogP contribution in [0.3, 0.4) is 0 Å². The molecule has 0 saturated carbocycles. The number of rotatable bonds is 7. The zero-order valence-corrected chi connectivity index (χ0v) is 10.5. The Balaban J connectivity index is 2.02. The van der Waals surface area contributed by atoms with Gasteiger partial charge in [0.1, 0.15) is 0 Å². The molecule has 2 rings (SSSR count). The van der Waals surface area contributed by atoms with Crippen LogP contribution in [0.2, 0.25) is 0 Å². The standard InChI is InChI=1S/C13H17NO5/c15-5-3-14(4-6-16)8-11(17)10-1-2-12-13(7-10)19-9-18-12/h1-2,7,15-16H,3-6,8-9H2. The summed E-state index contributed by atoms with van der Waals surface area (Å²) in [5.41, 5.74) is 0.533. The number of aliphatic hydroxyl groups is 2. The highest BCUT2D eigenvalue weighted by molar-refractivity contribution is 5.98. The minimum absolute atomic E-state index is 0.0472. The first-order valence-corrected chi connectivity index (χ1v) is 6.11. The van der Waals surface area contributed by atoms with Crippen molar-refractivity contribution in [1.29, 1.82) is 0 Å². The van der Waals surface area contributed by atoms with E-state index in [-0.39, 0.29) is 32.3 Å². The van der Waals surface area contributed by atoms with Crippen LogP contribution < -0.4 is 9.47 Å². The lowest BCUT2D eigenvalue weighted by Gasteiger charge is -2.19. The summed E-state index contributed by atoms with van der Waals surface area (Å²) in [5.74, 6) is 1.13. The van der Waals surface area contributed by atoms with Crippen LogP contribution in [0.4, 0.5) is 0 Å². The third-order valence-electron chi connectivity index (χ3n) is 2.89. The Morgan fingerprint density at radius 3 is 2.53 bits per heavy atom. The number of aliphatic hydroxyl groups excluding tert-OH is 2. The van der Waals surface area contributed by atoms with Crippen molar-refractivity contribution < 1.29 is 24.5 Å². The molecule has 0 aliphatic carbocycles. The average molecular weight is 267 g/mol. The van der Waals surface area contributed by atoms with Crippen LogP contribution in [0.25, 0.3) is 0 Å². The molecule has 0 radical (unpaired) electrons. The molecule has 0 bridgehead atoms. The highest BCUT2D eigenvalue weighted by Gasteiger charge is 2.17. The van der Waals surface area contributed by atoms with Crippen LogP contribution in [0.1, 0.15) is 10.4 Å². The maximum absolute atomic E-state index is 12.1. The van der Waals surface area contributed by atoms with Crippen molar-refractivity contribution in [2.24, 2.45) is 0 Å². The molecule has 1 aromatic carbocycles. The molecule has 0 spiro atoms. The Hall–Kier alpha value is -1.63. The van der Waals surface area contributed by atoms with E-state index in [1.165, 1.54) is 0 Å². The van der Waals surface area contributed by atoms with Gasteiger partial charge in [0.05, 0.1) is 19.8 Å². The molecule has 0 fully saturated rings. The number of Topliss-reactive ketones (excluding diaryl/α,β-unsaturated/α-hetero) is 1. The first-order valence-electron chi connectivity index (χ1n) is 6.11. The van der Waals surface area contributed by atoms with E-state index in [1.807, 2.05) is 0 Å². The summed E-state index contributed by atoms with van der Waals surface area (Å²) in [5, 5.41) is 17.8. The largest absolute Gasteiger partial charge is 0.454 e. The summed E-state index contributed by atoms with van der Waals surface area (Å²) >= 11 is 0. The molecule has 104 valence electrons. The van der Waals surface area contributed by atoms with Crippen molar-refractivity contribution in [2.75, 3.05) is 39.6 Å². The van der Waals surface area contributed by atoms with Crippen LogP contribution >= 0.6 is 0 Å². The molecule has 1 aliphatic heterocycles. The van der Waals surface area contributed by atoms with Crippen LogP contribution in [-0.2, 0) is 0 Å². The molecule has 19 heavy (non-hydrogen) atoms. The van der Waals surface area contributed by atoms with Gasteiger partial charge < -0.3 is 19.7 Å². The van der Waals surface area contributed by atoms with Gasteiger partial charge in [0.2, 0.25) is 6.79 Å². The number of ketones is 1. The van der Waals surface area contributed by atoms with E-state index in [2.05, 4.69) is 0 Å². The Labute approximate surface area is 111 Å². The number of benzene rings is 1. The predicted molar refractivity (Wildman–Crippen MR) is 67.5 cm³/mol. The van der Waals surface area contributed by atoms with E-state index >= 15 is 0 Å². The second-order valence-electron chi connectivity index (χ2n) is 4.21. The van der Waals surface area contributed by atoms with E-state index in [9.17, 15) is 4.79 Å². The van der Waals surface area contributed by atoms with Gasteiger partial charge >= 0.3 is 0 Å². The summed E-state index contributed by atoms with van der Waals surface area (Å²) < 4.78 is 10.4. The number of carbonyl (C=O) groups excluding carboxylic acids is 1. The molecule has 0 saturated heterocycles. The zero-order chi connectivity index (χ0) is 13.7. The average Bonchev–Trinajstić information content (AvgIpc) is 2.86. The molecule has 0 aromatic heterocycles. The molecule has 2 N–H and O–H groups in total. The summed E-state index contributed by atoms with van der Waals surface area (Å²) in [4.78, 5) is 13.8. The highest BCUT2D eigenvalue weighted by atomic mass is 16.7. The van der Waals surface area contributed by atoms with Crippen molar-refractivity contribution in [3.63, 3.8) is 0 Å². The van der Waals surface area contributed by atoms with Crippen molar-refractivity contribution in [1.82, 2.24) is 4.90 Å². The van der Waals surface area contributed by atoms with E-state index in [1.54, 1.807) is 23.1 Å². The molecule has 1 aromatic rings. The Morgan fingerprint density at radius 2 is 1.84 bits per heavy atom. The highest BCUT2D eigenvalue weighted by Crippen LogP contribution is 2.32. The molecule has 0 unspecified atom stereocenters. The van der Waals surface area contributed by atoms with Gasteiger partial charge in [-0.25, -0.2) is 0 Å². The van der Waals surface area contributed by atoms with Gasteiger partial charge in [-0.2, -0.15) is 0 Å². The minimum atomic E-state index is -0.0831. The van der Waals surface area contributed by atoms with Crippen molar-refractivity contribution >= 4 is 5.78 Å². The number of nitrogens with zero attached hydrogens (tertiary/aromatic N) is 1. The van der Waals surface area contributed by atoms with Crippen molar-refractivity contribution in [3.8, 4) is 11.5 Å². The van der Waals surface area contributed by atoms with Crippen molar-refractivity contribution in [3.05, 3.63) is 23.8 Å². The van der Waals surface area contributed by atoms with Crippen LogP contribution in [-0.4, -0.2) is 60.5 Å². The van der Waals surface area contributed by atoms with Gasteiger partial charge in [-0.05, 0) is 18.2 Å². The molecular formula is C13H17NO5. The number of hydrogen-bond acceptors (Lipinski definition) is 6. The summed E-state index contributed by atoms with van der Waals surface area (Å²) in [6.07, 6.45) is 0. The first kappa shape index (κ1) is 13.8. The quantitative estimate of drug-likeness (QED) is 0.671. The molecule has 0 atom stereocenters. The second-order valence-corrected chi connectivity index (χ2v) is 4.21. The Kier molecular flexibility index (Phi) is 4.73. The third kappa shape index (κ3) is 3.44. The fourth-order valence-electron chi connectivity index (χ4n) is 1.92. The number of carbonyl (C=O) groups is 1. The molecule has 6 heteroatoms. The zero-order valence-electron chi connectivity index (χ0n) is 10.5. The minimum Gasteiger partial charge on any atom is -0.454 e. The third-order valence-corrected chi connectivity index (χ3v) is 2.89. The lowest BCUT2D eigenvalue weighted by molar-refractivity contribution is 0.0893. The molecule has 1 aliphatic rings. The van der Waals surface area contributed by atoms with E-state index in [0.29, 0.717) is 30.2 Å². The monoisotopic (exact) mass is 267 g/mol. The lowest BCUT2D eigenvalue weighted by Crippen LogP contribution is -2.34.